The first-order valence-electron chi connectivity index (χ1n) is 8.02. The molecule has 0 saturated carbocycles. The van der Waals surface area contributed by atoms with Crippen LogP contribution in [0.15, 0.2) is 53.4 Å². The molecule has 0 N–H and O–H groups in total. The molecule has 7 heteroatoms. The zero-order valence-corrected chi connectivity index (χ0v) is 15.8. The van der Waals surface area contributed by atoms with Crippen LogP contribution in [0.3, 0.4) is 0 Å². The summed E-state index contributed by atoms with van der Waals surface area (Å²) in [6.45, 7) is 1.53. The van der Waals surface area contributed by atoms with Gasteiger partial charge in [0.05, 0.1) is 17.0 Å². The van der Waals surface area contributed by atoms with Gasteiger partial charge in [-0.1, -0.05) is 41.9 Å². The molecule has 0 aromatic heterocycles. The van der Waals surface area contributed by atoms with Gasteiger partial charge in [-0.15, -0.1) is 0 Å². The van der Waals surface area contributed by atoms with Gasteiger partial charge in [0.1, 0.15) is 5.75 Å². The molecule has 1 unspecified atom stereocenters. The minimum absolute atomic E-state index is 0.0263. The Bertz CT molecular complexity index is 843. The molecule has 0 aliphatic carbocycles. The summed E-state index contributed by atoms with van der Waals surface area (Å²) in [5.74, 6) is 0.459. The van der Waals surface area contributed by atoms with E-state index in [0.29, 0.717) is 25.4 Å². The van der Waals surface area contributed by atoms with Crippen LogP contribution in [0.2, 0.25) is 5.02 Å². The molecule has 1 saturated heterocycles. The lowest BCUT2D eigenvalue weighted by molar-refractivity contribution is 0.148. The van der Waals surface area contributed by atoms with E-state index in [-0.39, 0.29) is 16.0 Å². The van der Waals surface area contributed by atoms with Crippen molar-refractivity contribution in [1.29, 1.82) is 0 Å². The summed E-state index contributed by atoms with van der Waals surface area (Å²) in [5.41, 5.74) is 1.11. The molecule has 1 aliphatic rings. The van der Waals surface area contributed by atoms with Crippen LogP contribution >= 0.6 is 11.6 Å². The first-order valence-corrected chi connectivity index (χ1v) is 9.84. The monoisotopic (exact) mass is 380 g/mol. The highest BCUT2D eigenvalue weighted by Crippen LogP contribution is 2.31. The molecular weight excluding hydrogens is 360 g/mol. The number of hydrogen-bond donors (Lipinski definition) is 0. The molecule has 0 bridgehead atoms. The molecule has 3 rings (SSSR count). The maximum absolute atomic E-state index is 13.0. The number of sulfonamides is 1. The van der Waals surface area contributed by atoms with Gasteiger partial charge in [0.15, 0.2) is 0 Å². The highest BCUT2D eigenvalue weighted by atomic mass is 35.5. The lowest BCUT2D eigenvalue weighted by Gasteiger charge is -2.39. The summed E-state index contributed by atoms with van der Waals surface area (Å²) in [6.07, 6.45) is 0. The number of halogens is 1. The number of hydrogen-bond acceptors (Lipinski definition) is 4. The topological polar surface area (TPSA) is 49.9 Å². The van der Waals surface area contributed by atoms with Crippen molar-refractivity contribution in [3.05, 3.63) is 59.1 Å². The summed E-state index contributed by atoms with van der Waals surface area (Å²) in [4.78, 5) is 2.37. The van der Waals surface area contributed by atoms with Crippen molar-refractivity contribution in [2.75, 3.05) is 33.8 Å². The quantitative estimate of drug-likeness (QED) is 0.818. The fraction of sp³-hybridized carbons (Fsp3) is 0.333. The van der Waals surface area contributed by atoms with E-state index in [1.54, 1.807) is 6.07 Å². The predicted octanol–water partition coefficient (Wildman–Crippen LogP) is 3.03. The Morgan fingerprint density at radius 1 is 1.12 bits per heavy atom. The van der Waals surface area contributed by atoms with Crippen molar-refractivity contribution >= 4 is 21.6 Å². The number of piperazine rings is 1. The minimum atomic E-state index is -3.61. The Morgan fingerprint density at radius 3 is 2.48 bits per heavy atom. The Balaban J connectivity index is 1.88. The highest BCUT2D eigenvalue weighted by molar-refractivity contribution is 7.89. The summed E-state index contributed by atoms with van der Waals surface area (Å²) in [6, 6.07) is 14.6. The van der Waals surface area contributed by atoms with Crippen LogP contribution < -0.4 is 4.74 Å². The number of methoxy groups -OCH3 is 1. The Labute approximate surface area is 153 Å². The SMILES string of the molecule is COc1ccc(S(=O)(=O)N2CCN(C)C(c3ccccc3)C2)cc1Cl. The van der Waals surface area contributed by atoms with E-state index < -0.39 is 10.0 Å². The van der Waals surface area contributed by atoms with Crippen LogP contribution in [-0.4, -0.2) is 51.4 Å². The zero-order chi connectivity index (χ0) is 18.0. The number of benzene rings is 2. The van der Waals surface area contributed by atoms with Crippen molar-refractivity contribution in [2.24, 2.45) is 0 Å². The maximum Gasteiger partial charge on any atom is 0.243 e. The molecule has 5 nitrogen and oxygen atoms in total. The summed E-state index contributed by atoms with van der Waals surface area (Å²) >= 11 is 6.11. The summed E-state index contributed by atoms with van der Waals surface area (Å²) in [5, 5.41) is 0.289. The van der Waals surface area contributed by atoms with Crippen LogP contribution in [0.1, 0.15) is 11.6 Å². The number of nitrogens with zero attached hydrogens (tertiary/aromatic N) is 2. The smallest absolute Gasteiger partial charge is 0.243 e. The fourth-order valence-electron chi connectivity index (χ4n) is 3.06. The Kier molecular flexibility index (Phi) is 5.34. The van der Waals surface area contributed by atoms with Gasteiger partial charge in [-0.25, -0.2) is 8.42 Å². The third-order valence-electron chi connectivity index (χ3n) is 4.56. The normalized spacial score (nSPS) is 19.7. The van der Waals surface area contributed by atoms with Crippen LogP contribution in [0.5, 0.6) is 5.75 Å². The van der Waals surface area contributed by atoms with Crippen LogP contribution in [0.4, 0.5) is 0 Å². The summed E-state index contributed by atoms with van der Waals surface area (Å²) in [7, 11) is -0.0872. The van der Waals surface area contributed by atoms with Crippen LogP contribution in [0, 0.1) is 0 Å². The van der Waals surface area contributed by atoms with Crippen LogP contribution in [-0.2, 0) is 10.0 Å². The maximum atomic E-state index is 13.0. The van der Waals surface area contributed by atoms with Crippen molar-refractivity contribution in [2.45, 2.75) is 10.9 Å². The standard InChI is InChI=1S/C18H21ClN2O3S/c1-20-10-11-21(13-17(20)14-6-4-3-5-7-14)25(22,23)15-8-9-18(24-2)16(19)12-15/h3-9,12,17H,10-11,13H2,1-2H3. The second kappa shape index (κ2) is 7.33. The van der Waals surface area contributed by atoms with E-state index in [4.69, 9.17) is 16.3 Å². The van der Waals surface area contributed by atoms with Gasteiger partial charge in [0.2, 0.25) is 10.0 Å². The molecule has 0 amide bonds. The largest absolute Gasteiger partial charge is 0.495 e. The van der Waals surface area contributed by atoms with Crippen molar-refractivity contribution < 1.29 is 13.2 Å². The Morgan fingerprint density at radius 2 is 1.84 bits per heavy atom. The van der Waals surface area contributed by atoms with E-state index >= 15 is 0 Å². The average molecular weight is 381 g/mol. The lowest BCUT2D eigenvalue weighted by atomic mass is 10.0. The summed E-state index contributed by atoms with van der Waals surface area (Å²) < 4.78 is 32.7. The molecule has 0 radical (unpaired) electrons. The van der Waals surface area contributed by atoms with Gasteiger partial charge in [-0.3, -0.25) is 4.90 Å². The van der Waals surface area contributed by atoms with E-state index in [1.807, 2.05) is 37.4 Å². The molecule has 25 heavy (non-hydrogen) atoms. The number of ether oxygens (including phenoxy) is 1. The third-order valence-corrected chi connectivity index (χ3v) is 6.71. The Hall–Kier alpha value is -1.60. The molecule has 2 aromatic rings. The lowest BCUT2D eigenvalue weighted by Crippen LogP contribution is -2.48. The zero-order valence-electron chi connectivity index (χ0n) is 14.2. The molecule has 134 valence electrons. The van der Waals surface area contributed by atoms with Gasteiger partial charge in [0.25, 0.3) is 0 Å². The van der Waals surface area contributed by atoms with Crippen molar-refractivity contribution in [1.82, 2.24) is 9.21 Å². The van der Waals surface area contributed by atoms with Crippen molar-refractivity contribution in [3.63, 3.8) is 0 Å². The molecule has 0 spiro atoms. The highest BCUT2D eigenvalue weighted by Gasteiger charge is 2.33. The fourth-order valence-corrected chi connectivity index (χ4v) is 4.85. The molecule has 1 heterocycles. The number of rotatable bonds is 4. The van der Waals surface area contributed by atoms with Gasteiger partial charge < -0.3 is 4.74 Å². The van der Waals surface area contributed by atoms with Gasteiger partial charge in [-0.2, -0.15) is 4.31 Å². The van der Waals surface area contributed by atoms with Gasteiger partial charge in [-0.05, 0) is 30.8 Å². The molecule has 1 fully saturated rings. The van der Waals surface area contributed by atoms with E-state index in [9.17, 15) is 8.42 Å². The molecular formula is C18H21ClN2O3S. The van der Waals surface area contributed by atoms with Crippen LogP contribution in [0.25, 0.3) is 0 Å². The minimum Gasteiger partial charge on any atom is -0.495 e. The van der Waals surface area contributed by atoms with E-state index in [0.717, 1.165) is 5.56 Å². The predicted molar refractivity (Wildman–Crippen MR) is 98.6 cm³/mol. The molecule has 2 aromatic carbocycles. The van der Waals surface area contributed by atoms with Gasteiger partial charge in [0, 0.05) is 25.7 Å². The second-order valence-corrected chi connectivity index (χ2v) is 8.41. The first kappa shape index (κ1) is 18.2. The third kappa shape index (κ3) is 3.67. The second-order valence-electron chi connectivity index (χ2n) is 6.07. The molecule has 1 aliphatic heterocycles. The average Bonchev–Trinajstić information content (AvgIpc) is 2.62. The first-order chi connectivity index (χ1) is 11.9. The van der Waals surface area contributed by atoms with Crippen molar-refractivity contribution in [3.8, 4) is 5.75 Å². The van der Waals surface area contributed by atoms with E-state index in [1.165, 1.54) is 23.5 Å². The number of likely N-dealkylation sites (N-methyl/N-ethyl adjacent to an activating group) is 1. The van der Waals surface area contributed by atoms with Gasteiger partial charge >= 0.3 is 0 Å². The van der Waals surface area contributed by atoms with E-state index in [2.05, 4.69) is 4.90 Å². The molecule has 1 atom stereocenters.